The van der Waals surface area contributed by atoms with Crippen molar-refractivity contribution in [2.75, 3.05) is 11.4 Å². The molecule has 0 bridgehead atoms. The number of anilines is 1. The molecule has 0 spiro atoms. The van der Waals surface area contributed by atoms with Crippen LogP contribution in [0.1, 0.15) is 46.4 Å². The summed E-state index contributed by atoms with van der Waals surface area (Å²) in [5.41, 5.74) is 9.28. The quantitative estimate of drug-likeness (QED) is 0.713. The van der Waals surface area contributed by atoms with E-state index in [9.17, 15) is 14.4 Å². The minimum atomic E-state index is -0.601. The van der Waals surface area contributed by atoms with E-state index in [1.165, 1.54) is 0 Å². The highest BCUT2D eigenvalue weighted by Crippen LogP contribution is 2.31. The molecular weight excluding hydrogens is 384 g/mol. The van der Waals surface area contributed by atoms with Crippen molar-refractivity contribution in [1.82, 2.24) is 19.8 Å². The molecule has 0 saturated carbocycles. The SMILES string of the molecule is NCc1cn2c(n1)N(Cc1cccc3c1CN(C1CCC(=O)NC1=O)C3=O)CCC2. The molecule has 1 aromatic heterocycles. The van der Waals surface area contributed by atoms with Gasteiger partial charge in [-0.1, -0.05) is 12.1 Å². The first kappa shape index (κ1) is 18.8. The van der Waals surface area contributed by atoms with Crippen molar-refractivity contribution in [2.24, 2.45) is 5.73 Å². The highest BCUT2D eigenvalue weighted by atomic mass is 16.2. The van der Waals surface area contributed by atoms with E-state index in [-0.39, 0.29) is 24.1 Å². The van der Waals surface area contributed by atoms with Gasteiger partial charge in [0.2, 0.25) is 17.8 Å². The Labute approximate surface area is 173 Å². The third-order valence-corrected chi connectivity index (χ3v) is 6.16. The molecule has 3 N–H and O–H groups in total. The van der Waals surface area contributed by atoms with Gasteiger partial charge in [0.1, 0.15) is 6.04 Å². The van der Waals surface area contributed by atoms with E-state index in [2.05, 4.69) is 19.8 Å². The summed E-state index contributed by atoms with van der Waals surface area (Å²) in [4.78, 5) is 45.3. The summed E-state index contributed by atoms with van der Waals surface area (Å²) in [6, 6.07) is 5.14. The number of carbonyl (C=O) groups is 3. The summed E-state index contributed by atoms with van der Waals surface area (Å²) < 4.78 is 2.13. The van der Waals surface area contributed by atoms with Crippen LogP contribution in [0.25, 0.3) is 0 Å². The van der Waals surface area contributed by atoms with Gasteiger partial charge < -0.3 is 20.1 Å². The molecule has 9 heteroatoms. The number of nitrogens with zero attached hydrogens (tertiary/aromatic N) is 4. The maximum absolute atomic E-state index is 13.0. The molecule has 3 aliphatic rings. The van der Waals surface area contributed by atoms with E-state index < -0.39 is 6.04 Å². The van der Waals surface area contributed by atoms with Crippen molar-refractivity contribution < 1.29 is 14.4 Å². The number of aryl methyl sites for hydroxylation is 1. The Kier molecular flexibility index (Phi) is 4.54. The molecule has 1 fully saturated rings. The molecule has 4 heterocycles. The topological polar surface area (TPSA) is 114 Å². The molecule has 9 nitrogen and oxygen atoms in total. The molecule has 3 aliphatic heterocycles. The van der Waals surface area contributed by atoms with Gasteiger partial charge in [0.25, 0.3) is 5.91 Å². The van der Waals surface area contributed by atoms with Crippen LogP contribution in [0.2, 0.25) is 0 Å². The maximum Gasteiger partial charge on any atom is 0.255 e. The normalized spacial score (nSPS) is 21.0. The third kappa shape index (κ3) is 3.06. The number of carbonyl (C=O) groups excluding carboxylic acids is 3. The number of imide groups is 1. The molecule has 156 valence electrons. The summed E-state index contributed by atoms with van der Waals surface area (Å²) in [5, 5.41) is 2.35. The molecule has 5 rings (SSSR count). The van der Waals surface area contributed by atoms with Crippen LogP contribution in [0, 0.1) is 0 Å². The number of nitrogens with one attached hydrogen (secondary N) is 1. The van der Waals surface area contributed by atoms with Crippen molar-refractivity contribution in [3.05, 3.63) is 46.8 Å². The van der Waals surface area contributed by atoms with Crippen LogP contribution in [0.15, 0.2) is 24.4 Å². The number of nitrogens with two attached hydrogens (primary N) is 1. The zero-order valence-corrected chi connectivity index (χ0v) is 16.6. The molecule has 1 aromatic carbocycles. The molecule has 3 amide bonds. The van der Waals surface area contributed by atoms with Crippen LogP contribution in [0.4, 0.5) is 5.95 Å². The fourth-order valence-corrected chi connectivity index (χ4v) is 4.66. The minimum Gasteiger partial charge on any atom is -0.338 e. The number of aromatic nitrogens is 2. The largest absolute Gasteiger partial charge is 0.338 e. The summed E-state index contributed by atoms with van der Waals surface area (Å²) in [6.45, 7) is 3.24. The molecule has 1 atom stereocenters. The first-order chi connectivity index (χ1) is 14.5. The zero-order chi connectivity index (χ0) is 20.8. The molecule has 1 unspecified atom stereocenters. The fourth-order valence-electron chi connectivity index (χ4n) is 4.66. The Bertz CT molecular complexity index is 1050. The first-order valence-corrected chi connectivity index (χ1v) is 10.3. The number of piperidine rings is 1. The fraction of sp³-hybridized carbons (Fsp3) is 0.429. The third-order valence-electron chi connectivity index (χ3n) is 6.16. The minimum absolute atomic E-state index is 0.146. The van der Waals surface area contributed by atoms with Crippen LogP contribution in [0.3, 0.4) is 0 Å². The molecule has 1 saturated heterocycles. The maximum atomic E-state index is 13.0. The predicted octanol–water partition coefficient (Wildman–Crippen LogP) is 0.513. The molecule has 2 aromatic rings. The lowest BCUT2D eigenvalue weighted by Gasteiger charge is -2.30. The lowest BCUT2D eigenvalue weighted by Crippen LogP contribution is -2.52. The standard InChI is InChI=1S/C21H24N6O3/c22-9-14-11-26-8-2-7-25(21(26)23-14)10-13-3-1-4-15-16(13)12-27(20(15)30)17-5-6-18(28)24-19(17)29/h1,3-4,11,17H,2,5-10,12,22H2,(H,24,28,29). The number of fused-ring (bicyclic) bond motifs is 2. The van der Waals surface area contributed by atoms with Crippen molar-refractivity contribution in [2.45, 2.75) is 51.5 Å². The van der Waals surface area contributed by atoms with Crippen molar-refractivity contribution in [3.63, 3.8) is 0 Å². The number of rotatable bonds is 4. The highest BCUT2D eigenvalue weighted by molar-refractivity contribution is 6.05. The number of benzene rings is 1. The van der Waals surface area contributed by atoms with Crippen LogP contribution in [-0.4, -0.2) is 44.8 Å². The second kappa shape index (κ2) is 7.24. The molecule has 0 radical (unpaired) electrons. The Balaban J connectivity index is 1.41. The van der Waals surface area contributed by atoms with Gasteiger partial charge in [0, 0.05) is 50.9 Å². The van der Waals surface area contributed by atoms with Gasteiger partial charge in [0.15, 0.2) is 0 Å². The summed E-state index contributed by atoms with van der Waals surface area (Å²) in [7, 11) is 0. The lowest BCUT2D eigenvalue weighted by atomic mass is 10.0. The van der Waals surface area contributed by atoms with Gasteiger partial charge in [-0.15, -0.1) is 0 Å². The van der Waals surface area contributed by atoms with Crippen molar-refractivity contribution >= 4 is 23.7 Å². The van der Waals surface area contributed by atoms with Crippen molar-refractivity contribution in [3.8, 4) is 0 Å². The number of imidazole rings is 1. The molecular formula is C21H24N6O3. The zero-order valence-electron chi connectivity index (χ0n) is 16.6. The van der Waals surface area contributed by atoms with Gasteiger partial charge >= 0.3 is 0 Å². The lowest BCUT2D eigenvalue weighted by molar-refractivity contribution is -0.136. The second-order valence-electron chi connectivity index (χ2n) is 8.05. The van der Waals surface area contributed by atoms with E-state index in [1.807, 2.05) is 24.4 Å². The van der Waals surface area contributed by atoms with E-state index >= 15 is 0 Å². The highest BCUT2D eigenvalue weighted by Gasteiger charge is 2.40. The van der Waals surface area contributed by atoms with Crippen LogP contribution in [-0.2, 0) is 35.8 Å². The average molecular weight is 408 g/mol. The number of hydrogen-bond acceptors (Lipinski definition) is 6. The monoisotopic (exact) mass is 408 g/mol. The van der Waals surface area contributed by atoms with Gasteiger partial charge in [-0.05, 0) is 30.0 Å². The number of amides is 3. The number of hydrogen-bond donors (Lipinski definition) is 2. The van der Waals surface area contributed by atoms with Crippen LogP contribution in [0.5, 0.6) is 0 Å². The van der Waals surface area contributed by atoms with Crippen LogP contribution >= 0.6 is 0 Å². The predicted molar refractivity (Wildman–Crippen MR) is 108 cm³/mol. The molecule has 30 heavy (non-hydrogen) atoms. The summed E-state index contributed by atoms with van der Waals surface area (Å²) >= 11 is 0. The molecule has 0 aliphatic carbocycles. The summed E-state index contributed by atoms with van der Waals surface area (Å²) in [6.07, 6.45) is 3.64. The van der Waals surface area contributed by atoms with Gasteiger partial charge in [-0.2, -0.15) is 0 Å². The van der Waals surface area contributed by atoms with E-state index in [1.54, 1.807) is 4.90 Å². The van der Waals surface area contributed by atoms with Gasteiger partial charge in [0.05, 0.1) is 5.69 Å². The van der Waals surface area contributed by atoms with E-state index in [0.717, 1.165) is 42.3 Å². The Morgan fingerprint density at radius 3 is 2.87 bits per heavy atom. The van der Waals surface area contributed by atoms with Gasteiger partial charge in [-0.25, -0.2) is 4.98 Å². The first-order valence-electron chi connectivity index (χ1n) is 10.3. The van der Waals surface area contributed by atoms with Crippen LogP contribution < -0.4 is 16.0 Å². The van der Waals surface area contributed by atoms with Crippen molar-refractivity contribution in [1.29, 1.82) is 0 Å². The van der Waals surface area contributed by atoms with E-state index in [0.29, 0.717) is 31.6 Å². The average Bonchev–Trinajstić information content (AvgIpc) is 3.31. The smallest absolute Gasteiger partial charge is 0.255 e. The second-order valence-corrected chi connectivity index (χ2v) is 8.05. The Morgan fingerprint density at radius 2 is 2.07 bits per heavy atom. The van der Waals surface area contributed by atoms with E-state index in [4.69, 9.17) is 5.73 Å². The Morgan fingerprint density at radius 1 is 1.20 bits per heavy atom. The summed E-state index contributed by atoms with van der Waals surface area (Å²) in [5.74, 6) is 0.0949. The Hall–Kier alpha value is -3.20. The van der Waals surface area contributed by atoms with Gasteiger partial charge in [-0.3, -0.25) is 19.7 Å².